The van der Waals surface area contributed by atoms with Crippen LogP contribution in [0.25, 0.3) is 275 Å². The van der Waals surface area contributed by atoms with E-state index in [-0.39, 0.29) is 0 Å². The van der Waals surface area contributed by atoms with E-state index in [1.165, 1.54) is 275 Å². The van der Waals surface area contributed by atoms with Gasteiger partial charge >= 0.3 is 0 Å². The molecule has 0 spiro atoms. The van der Waals surface area contributed by atoms with E-state index in [9.17, 15) is 0 Å². The largest absolute Gasteiger partial charge is 0.344 e. The molecule has 0 fully saturated rings. The van der Waals surface area contributed by atoms with Crippen molar-refractivity contribution in [2.24, 2.45) is 56.4 Å². The summed E-state index contributed by atoms with van der Waals surface area (Å²) in [6.07, 6.45) is 0. The third-order valence-electron chi connectivity index (χ3n) is 30.7. The highest BCUT2D eigenvalue weighted by molar-refractivity contribution is 6.19. The van der Waals surface area contributed by atoms with Crippen LogP contribution in [0.3, 0.4) is 0 Å². The molecule has 0 amide bonds. The van der Waals surface area contributed by atoms with Crippen LogP contribution in [-0.4, -0.2) is 36.5 Å². The third-order valence-corrected chi connectivity index (χ3v) is 30.7. The Labute approximate surface area is 822 Å². The minimum atomic E-state index is 1.23. The third kappa shape index (κ3) is 13.8. The zero-order chi connectivity index (χ0) is 95.2. The van der Waals surface area contributed by atoms with Gasteiger partial charge < -0.3 is 36.5 Å². The van der Waals surface area contributed by atoms with Gasteiger partial charge in [-0.1, -0.05) is 315 Å². The first-order chi connectivity index (χ1) is 69.8. The molecule has 0 N–H and O–H groups in total. The molecular weight excluding hydrogens is 1720 g/mol. The van der Waals surface area contributed by atoms with E-state index in [0.29, 0.717) is 0 Å². The fourth-order valence-electron chi connectivity index (χ4n) is 23.5. The summed E-state index contributed by atoms with van der Waals surface area (Å²) < 4.78 is 18.3. The molecule has 29 rings (SSSR count). The Balaban J connectivity index is 0.0000000972. The number of nitrogens with zero attached hydrogens (tertiary/aromatic N) is 8. The number of aryl methyl sites for hydroxylation is 8. The van der Waals surface area contributed by atoms with E-state index in [4.69, 9.17) is 0 Å². The van der Waals surface area contributed by atoms with E-state index in [1.54, 1.807) is 0 Å². The van der Waals surface area contributed by atoms with Gasteiger partial charge in [-0.05, 0) is 246 Å². The molecule has 8 aromatic heterocycles. The average molecular weight is 1820 g/mol. The smallest absolute Gasteiger partial charge is 0.0495 e. The predicted octanol–water partition coefficient (Wildman–Crippen LogP) is 34.9. The van der Waals surface area contributed by atoms with Gasteiger partial charge in [0.25, 0.3) is 0 Å². The van der Waals surface area contributed by atoms with E-state index in [2.05, 4.69) is 554 Å². The van der Waals surface area contributed by atoms with Gasteiger partial charge in [0.05, 0.1) is 0 Å². The van der Waals surface area contributed by atoms with Gasteiger partial charge in [-0.15, -0.1) is 0 Å². The second kappa shape index (κ2) is 34.0. The van der Waals surface area contributed by atoms with E-state index < -0.39 is 0 Å². The van der Waals surface area contributed by atoms with Crippen LogP contribution in [0.4, 0.5) is 0 Å². The second-order valence-corrected chi connectivity index (χ2v) is 38.2. The molecule has 0 bridgehead atoms. The highest BCUT2D eigenvalue weighted by Gasteiger charge is 2.23. The number of fused-ring (bicyclic) bond motifs is 24. The van der Waals surface area contributed by atoms with Crippen molar-refractivity contribution in [2.75, 3.05) is 0 Å². The molecule has 21 aromatic carbocycles. The topological polar surface area (TPSA) is 39.4 Å². The molecule has 676 valence electrons. The molecule has 0 unspecified atom stereocenters. The van der Waals surface area contributed by atoms with Gasteiger partial charge in [0, 0.05) is 231 Å². The van der Waals surface area contributed by atoms with Gasteiger partial charge in [-0.2, -0.15) is 0 Å². The Morgan fingerprint density at radius 2 is 0.275 bits per heavy atom. The minimum absolute atomic E-state index is 1.23. The Kier molecular flexibility index (Phi) is 20.3. The molecule has 0 aliphatic carbocycles. The average Bonchev–Trinajstić information content (AvgIpc) is 1.58. The number of hydrogen-bond donors (Lipinski definition) is 0. The van der Waals surface area contributed by atoms with Gasteiger partial charge in [-0.3, -0.25) is 0 Å². The molecule has 8 nitrogen and oxygen atoms in total. The molecule has 8 heteroatoms. The molecule has 8 heterocycles. The molecule has 0 saturated carbocycles. The Hall–Kier alpha value is -18.0. The summed E-state index contributed by atoms with van der Waals surface area (Å²) >= 11 is 0. The van der Waals surface area contributed by atoms with Crippen molar-refractivity contribution in [3.63, 3.8) is 0 Å². The lowest BCUT2D eigenvalue weighted by atomic mass is 9.89. The van der Waals surface area contributed by atoms with Crippen LogP contribution in [0.1, 0.15) is 0 Å². The lowest BCUT2D eigenvalue weighted by molar-refractivity contribution is 1.01. The SMILES string of the molecule is Cn1c2ccccc2c2cc(-c3cccc(-c4ccc5c(c4)c4ccccc4n5C)c3)ccc21.Cn1c2ccccc2c2cc(-c3cccc(-c4ccc5c6ccccc6n(C)c5c4)c3)ccc21.Cn1c2ccccc2c2cc(-c3ccccc3-c3cccc4c3c3ccccc3n4C)ccc21.Cn1c2ccccc2c2cc(-c3ccccc3-c3ccccc3-c3ccc4c(c3)c3ccccc3n4C)ccc21. The van der Waals surface area contributed by atoms with Crippen molar-refractivity contribution in [3.8, 4) is 100 Å². The number of para-hydroxylation sites is 8. The molecule has 0 radical (unpaired) electrons. The summed E-state index contributed by atoms with van der Waals surface area (Å²) in [7, 11) is 17.2. The first-order valence-electron chi connectivity index (χ1n) is 49.1. The summed E-state index contributed by atoms with van der Waals surface area (Å²) in [6.45, 7) is 0. The van der Waals surface area contributed by atoms with Crippen molar-refractivity contribution in [1.29, 1.82) is 0 Å². The van der Waals surface area contributed by atoms with Crippen LogP contribution in [0, 0.1) is 0 Å². The molecule has 29 aromatic rings. The van der Waals surface area contributed by atoms with E-state index in [1.807, 2.05) is 0 Å². The first-order valence-corrected chi connectivity index (χ1v) is 49.1. The van der Waals surface area contributed by atoms with Crippen LogP contribution >= 0.6 is 0 Å². The van der Waals surface area contributed by atoms with Gasteiger partial charge in [0.15, 0.2) is 0 Å². The van der Waals surface area contributed by atoms with Crippen molar-refractivity contribution < 1.29 is 0 Å². The summed E-state index contributed by atoms with van der Waals surface area (Å²) in [5.41, 5.74) is 42.7. The summed E-state index contributed by atoms with van der Waals surface area (Å²) in [6, 6.07) is 168. The fraction of sp³-hybridized carbons (Fsp3) is 0.0597. The maximum Gasteiger partial charge on any atom is 0.0495 e. The van der Waals surface area contributed by atoms with Crippen LogP contribution in [0.2, 0.25) is 0 Å². The highest BCUT2D eigenvalue weighted by atomic mass is 15.0. The summed E-state index contributed by atoms with van der Waals surface area (Å²) in [5, 5.41) is 20.8. The molecule has 0 aliphatic rings. The molecular formula is C134H100N8. The summed E-state index contributed by atoms with van der Waals surface area (Å²) in [4.78, 5) is 0. The zero-order valence-corrected chi connectivity index (χ0v) is 80.5. The molecule has 0 aliphatic heterocycles. The first kappa shape index (κ1) is 84.5. The quantitative estimate of drug-likeness (QED) is 0.138. The Bertz CT molecular complexity index is 9900. The van der Waals surface area contributed by atoms with Gasteiger partial charge in [0.1, 0.15) is 0 Å². The lowest BCUT2D eigenvalue weighted by Gasteiger charge is -2.15. The number of hydrogen-bond acceptors (Lipinski definition) is 0. The number of benzene rings is 21. The van der Waals surface area contributed by atoms with Crippen molar-refractivity contribution in [1.82, 2.24) is 36.5 Å². The second-order valence-electron chi connectivity index (χ2n) is 38.2. The summed E-state index contributed by atoms with van der Waals surface area (Å²) in [5.74, 6) is 0. The van der Waals surface area contributed by atoms with Gasteiger partial charge in [-0.25, -0.2) is 0 Å². The number of aromatic nitrogens is 8. The maximum absolute atomic E-state index is 2.36. The predicted molar refractivity (Wildman–Crippen MR) is 607 cm³/mol. The standard InChI is InChI=1S/C38H28N2.3C32H24N2/c1-39-35-17-9-7-15-31(35)33-23-25(19-21-37(33)39)27-11-3-5-13-29(27)30-14-6-4-12-28(30)26-20-22-38-34(24-26)32-16-8-10-18-36(32)40(38)2;1-33-30-13-6-4-11-26(30)28-19-23(15-17-31(28)33)21-8-7-9-22(18-21)24-14-16-27-25-10-3-5-12-29(25)34(2)32(27)20-24;1-33-29-12-5-3-10-25(29)27-19-23(14-16-31(27)33)21-8-7-9-22(18-21)24-15-17-32-28(20-24)26-11-4-6-13-30(26)34(32)2;1-33-28-15-7-5-12-24(28)27-20-21(18-19-30(27)33)22-10-3-4-11-23(22)25-14-9-17-31-32(25)26-13-6-8-16-29(26)34(31)2/h3-24H,1-2H3;3*3-20H,1-2H3. The van der Waals surface area contributed by atoms with E-state index in [0.717, 1.165) is 0 Å². The maximum atomic E-state index is 2.36. The van der Waals surface area contributed by atoms with Crippen LogP contribution in [0.15, 0.2) is 461 Å². The highest BCUT2D eigenvalue weighted by Crippen LogP contribution is 2.47. The van der Waals surface area contributed by atoms with Crippen molar-refractivity contribution in [2.45, 2.75) is 0 Å². The van der Waals surface area contributed by atoms with Crippen molar-refractivity contribution >= 4 is 174 Å². The Morgan fingerprint density at radius 3 is 0.585 bits per heavy atom. The van der Waals surface area contributed by atoms with Crippen LogP contribution < -0.4 is 0 Å². The van der Waals surface area contributed by atoms with Crippen LogP contribution in [0.5, 0.6) is 0 Å². The fourth-order valence-corrected chi connectivity index (χ4v) is 23.5. The zero-order valence-electron chi connectivity index (χ0n) is 80.5. The normalized spacial score (nSPS) is 11.8. The molecule has 0 atom stereocenters. The van der Waals surface area contributed by atoms with Crippen LogP contribution in [-0.2, 0) is 56.4 Å². The molecule has 0 saturated heterocycles. The lowest BCUT2D eigenvalue weighted by Crippen LogP contribution is -1.90. The monoisotopic (exact) mass is 1820 g/mol. The number of rotatable bonds is 9. The Morgan fingerprint density at radius 1 is 0.0986 bits per heavy atom. The van der Waals surface area contributed by atoms with Crippen molar-refractivity contribution in [3.05, 3.63) is 461 Å². The van der Waals surface area contributed by atoms with Gasteiger partial charge in [0.2, 0.25) is 0 Å². The molecule has 142 heavy (non-hydrogen) atoms. The van der Waals surface area contributed by atoms with E-state index >= 15 is 0 Å². The minimum Gasteiger partial charge on any atom is -0.344 e.